The van der Waals surface area contributed by atoms with Crippen molar-refractivity contribution in [3.63, 3.8) is 0 Å². The lowest BCUT2D eigenvalue weighted by molar-refractivity contribution is 0.413. The van der Waals surface area contributed by atoms with Gasteiger partial charge in [-0.05, 0) is 37.6 Å². The van der Waals surface area contributed by atoms with Gasteiger partial charge >= 0.3 is 0 Å². The molecule has 3 nitrogen and oxygen atoms in total. The van der Waals surface area contributed by atoms with Crippen LogP contribution in [0.15, 0.2) is 28.9 Å². The van der Waals surface area contributed by atoms with Crippen molar-refractivity contribution in [2.45, 2.75) is 26.4 Å². The van der Waals surface area contributed by atoms with Gasteiger partial charge in [-0.1, -0.05) is 15.9 Å². The standard InChI is InChI=1S/C14H17BrN2OS/c1-9-7-17-14(19-9)10(2)16-8-11-6-12(18-3)4-5-13(11)15/h4-7,10,16H,8H2,1-3H3. The van der Waals surface area contributed by atoms with Crippen molar-refractivity contribution in [2.24, 2.45) is 0 Å². The fourth-order valence-electron chi connectivity index (χ4n) is 1.74. The molecule has 0 saturated heterocycles. The molecule has 0 saturated carbocycles. The maximum Gasteiger partial charge on any atom is 0.119 e. The van der Waals surface area contributed by atoms with Gasteiger partial charge in [0.15, 0.2) is 0 Å². The third-order valence-electron chi connectivity index (χ3n) is 2.86. The van der Waals surface area contributed by atoms with Crippen LogP contribution in [0.5, 0.6) is 5.75 Å². The molecule has 0 aliphatic heterocycles. The molecule has 1 atom stereocenters. The van der Waals surface area contributed by atoms with E-state index < -0.39 is 0 Å². The number of ether oxygens (including phenoxy) is 1. The lowest BCUT2D eigenvalue weighted by atomic mass is 10.2. The number of aromatic nitrogens is 1. The molecule has 2 aromatic rings. The minimum Gasteiger partial charge on any atom is -0.497 e. The van der Waals surface area contributed by atoms with Gasteiger partial charge in [0.25, 0.3) is 0 Å². The van der Waals surface area contributed by atoms with E-state index in [1.807, 2.05) is 24.4 Å². The predicted octanol–water partition coefficient (Wildman–Crippen LogP) is 4.07. The molecule has 102 valence electrons. The summed E-state index contributed by atoms with van der Waals surface area (Å²) in [6, 6.07) is 6.24. The van der Waals surface area contributed by atoms with Gasteiger partial charge in [0, 0.05) is 22.1 Å². The number of hydrogen-bond donors (Lipinski definition) is 1. The topological polar surface area (TPSA) is 34.1 Å². The second-order valence-corrected chi connectivity index (χ2v) is 6.49. The summed E-state index contributed by atoms with van der Waals surface area (Å²) < 4.78 is 6.33. The maximum absolute atomic E-state index is 5.25. The van der Waals surface area contributed by atoms with E-state index in [1.54, 1.807) is 18.4 Å². The fraction of sp³-hybridized carbons (Fsp3) is 0.357. The highest BCUT2D eigenvalue weighted by Crippen LogP contribution is 2.24. The quantitative estimate of drug-likeness (QED) is 0.890. The first-order chi connectivity index (χ1) is 9.10. The SMILES string of the molecule is COc1ccc(Br)c(CNC(C)c2ncc(C)s2)c1. The van der Waals surface area contributed by atoms with Gasteiger partial charge in [0.2, 0.25) is 0 Å². The summed E-state index contributed by atoms with van der Waals surface area (Å²) in [5.41, 5.74) is 1.18. The summed E-state index contributed by atoms with van der Waals surface area (Å²) >= 11 is 5.29. The number of benzene rings is 1. The van der Waals surface area contributed by atoms with E-state index >= 15 is 0 Å². The van der Waals surface area contributed by atoms with Crippen molar-refractivity contribution in [2.75, 3.05) is 7.11 Å². The highest BCUT2D eigenvalue weighted by atomic mass is 79.9. The van der Waals surface area contributed by atoms with Crippen LogP contribution in [-0.2, 0) is 6.54 Å². The Bertz CT molecular complexity index is 556. The molecule has 0 spiro atoms. The van der Waals surface area contributed by atoms with Crippen molar-refractivity contribution in [1.29, 1.82) is 0 Å². The third kappa shape index (κ3) is 3.78. The van der Waals surface area contributed by atoms with Crippen molar-refractivity contribution >= 4 is 27.3 Å². The van der Waals surface area contributed by atoms with Crippen LogP contribution in [0.3, 0.4) is 0 Å². The molecule has 1 aromatic carbocycles. The average molecular weight is 341 g/mol. The number of methoxy groups -OCH3 is 1. The Labute approximate surface area is 126 Å². The largest absolute Gasteiger partial charge is 0.497 e. The monoisotopic (exact) mass is 340 g/mol. The Hall–Kier alpha value is -0.910. The fourth-order valence-corrected chi connectivity index (χ4v) is 2.92. The highest BCUT2D eigenvalue weighted by Gasteiger charge is 2.10. The van der Waals surface area contributed by atoms with Gasteiger partial charge in [-0.15, -0.1) is 11.3 Å². The molecule has 19 heavy (non-hydrogen) atoms. The predicted molar refractivity (Wildman–Crippen MR) is 82.8 cm³/mol. The van der Waals surface area contributed by atoms with Gasteiger partial charge < -0.3 is 10.1 Å². The molecule has 2 rings (SSSR count). The molecule has 0 aliphatic rings. The smallest absolute Gasteiger partial charge is 0.119 e. The minimum atomic E-state index is 0.247. The minimum absolute atomic E-state index is 0.247. The van der Waals surface area contributed by atoms with Crippen molar-refractivity contribution in [1.82, 2.24) is 10.3 Å². The normalized spacial score (nSPS) is 12.4. The lowest BCUT2D eigenvalue weighted by Gasteiger charge is -2.13. The molecule has 0 aliphatic carbocycles. The zero-order valence-electron chi connectivity index (χ0n) is 11.2. The van der Waals surface area contributed by atoms with E-state index in [2.05, 4.69) is 40.1 Å². The first-order valence-corrected chi connectivity index (χ1v) is 7.69. The average Bonchev–Trinajstić information content (AvgIpc) is 2.84. The van der Waals surface area contributed by atoms with Crippen LogP contribution in [0.25, 0.3) is 0 Å². The summed E-state index contributed by atoms with van der Waals surface area (Å²) in [6.45, 7) is 4.98. The van der Waals surface area contributed by atoms with Gasteiger partial charge in [-0.3, -0.25) is 0 Å². The van der Waals surface area contributed by atoms with E-state index in [1.165, 1.54) is 10.4 Å². The Morgan fingerprint density at radius 1 is 1.47 bits per heavy atom. The number of hydrogen-bond acceptors (Lipinski definition) is 4. The summed E-state index contributed by atoms with van der Waals surface area (Å²) in [5, 5.41) is 4.60. The van der Waals surface area contributed by atoms with Crippen molar-refractivity contribution < 1.29 is 4.74 Å². The molecule has 1 aromatic heterocycles. The van der Waals surface area contributed by atoms with Gasteiger partial charge in [-0.25, -0.2) is 4.98 Å². The summed E-state index contributed by atoms with van der Waals surface area (Å²) in [4.78, 5) is 5.65. The lowest BCUT2D eigenvalue weighted by Crippen LogP contribution is -2.18. The van der Waals surface area contributed by atoms with Crippen LogP contribution < -0.4 is 10.1 Å². The van der Waals surface area contributed by atoms with E-state index in [4.69, 9.17) is 4.74 Å². The van der Waals surface area contributed by atoms with Gasteiger partial charge in [-0.2, -0.15) is 0 Å². The van der Waals surface area contributed by atoms with Crippen LogP contribution >= 0.6 is 27.3 Å². The zero-order valence-corrected chi connectivity index (χ0v) is 13.6. The Morgan fingerprint density at radius 3 is 2.89 bits per heavy atom. The van der Waals surface area contributed by atoms with Crippen LogP contribution in [0.1, 0.15) is 28.4 Å². The van der Waals surface area contributed by atoms with Gasteiger partial charge in [0.05, 0.1) is 13.2 Å². The number of nitrogens with one attached hydrogen (secondary N) is 1. The molecule has 1 N–H and O–H groups in total. The number of nitrogens with zero attached hydrogens (tertiary/aromatic N) is 1. The van der Waals surface area contributed by atoms with E-state index in [0.717, 1.165) is 21.8 Å². The molecule has 0 fully saturated rings. The second kappa shape index (κ2) is 6.50. The summed E-state index contributed by atoms with van der Waals surface area (Å²) in [5.74, 6) is 0.873. The van der Waals surface area contributed by atoms with E-state index in [-0.39, 0.29) is 6.04 Å². The van der Waals surface area contributed by atoms with Crippen molar-refractivity contribution in [3.05, 3.63) is 44.3 Å². The number of aryl methyl sites for hydroxylation is 1. The molecule has 1 unspecified atom stereocenters. The first-order valence-electron chi connectivity index (χ1n) is 6.08. The molecular weight excluding hydrogens is 324 g/mol. The number of rotatable bonds is 5. The molecule has 0 radical (unpaired) electrons. The molecule has 0 bridgehead atoms. The van der Waals surface area contributed by atoms with E-state index in [0.29, 0.717) is 0 Å². The number of thiazole rings is 1. The maximum atomic E-state index is 5.25. The molecular formula is C14H17BrN2OS. The second-order valence-electron chi connectivity index (χ2n) is 4.37. The Morgan fingerprint density at radius 2 is 2.26 bits per heavy atom. The Balaban J connectivity index is 2.02. The molecule has 5 heteroatoms. The van der Waals surface area contributed by atoms with Crippen molar-refractivity contribution in [3.8, 4) is 5.75 Å². The zero-order chi connectivity index (χ0) is 13.8. The first kappa shape index (κ1) is 14.5. The van der Waals surface area contributed by atoms with Crippen LogP contribution in [0.4, 0.5) is 0 Å². The van der Waals surface area contributed by atoms with Crippen LogP contribution in [-0.4, -0.2) is 12.1 Å². The Kier molecular flexibility index (Phi) is 4.96. The highest BCUT2D eigenvalue weighted by molar-refractivity contribution is 9.10. The van der Waals surface area contributed by atoms with Gasteiger partial charge in [0.1, 0.15) is 10.8 Å². The van der Waals surface area contributed by atoms with Crippen LogP contribution in [0, 0.1) is 6.92 Å². The molecule has 1 heterocycles. The van der Waals surface area contributed by atoms with E-state index in [9.17, 15) is 0 Å². The summed E-state index contributed by atoms with van der Waals surface area (Å²) in [6.07, 6.45) is 1.92. The third-order valence-corrected chi connectivity index (χ3v) is 4.73. The number of halogens is 1. The molecule has 0 amide bonds. The summed E-state index contributed by atoms with van der Waals surface area (Å²) in [7, 11) is 1.68. The van der Waals surface area contributed by atoms with Crippen LogP contribution in [0.2, 0.25) is 0 Å².